The van der Waals surface area contributed by atoms with Crippen LogP contribution in [-0.2, 0) is 6.54 Å². The molecule has 0 aliphatic rings. The molecule has 16 heavy (non-hydrogen) atoms. The van der Waals surface area contributed by atoms with Crippen molar-refractivity contribution in [1.82, 2.24) is 10.3 Å². The Hall–Kier alpha value is -1.09. The molecule has 0 unspecified atom stereocenters. The van der Waals surface area contributed by atoms with Crippen LogP contribution in [0.25, 0.3) is 0 Å². The Labute approximate surface area is 98.2 Å². The average molecular weight is 222 g/mol. The molecule has 1 aromatic rings. The van der Waals surface area contributed by atoms with Crippen LogP contribution < -0.4 is 10.1 Å². The van der Waals surface area contributed by atoms with E-state index in [2.05, 4.69) is 31.1 Å². The lowest BCUT2D eigenvalue weighted by Crippen LogP contribution is -2.22. The summed E-state index contributed by atoms with van der Waals surface area (Å²) in [6.45, 7) is 8.00. The molecule has 0 aliphatic heterocycles. The van der Waals surface area contributed by atoms with Crippen molar-refractivity contribution in [1.29, 1.82) is 0 Å². The first kappa shape index (κ1) is 13.0. The van der Waals surface area contributed by atoms with Crippen LogP contribution in [0, 0.1) is 0 Å². The topological polar surface area (TPSA) is 34.1 Å². The van der Waals surface area contributed by atoms with E-state index in [1.807, 2.05) is 12.1 Å². The third-order valence-corrected chi connectivity index (χ3v) is 2.25. The Balaban J connectivity index is 2.43. The molecule has 1 heterocycles. The Morgan fingerprint density at radius 3 is 2.94 bits per heavy atom. The SMILES string of the molecule is CCCCOc1ccnc(CNC(C)C)c1. The summed E-state index contributed by atoms with van der Waals surface area (Å²) in [5, 5.41) is 3.34. The first-order valence-electron chi connectivity index (χ1n) is 6.03. The minimum absolute atomic E-state index is 0.478. The highest BCUT2D eigenvalue weighted by Gasteiger charge is 1.99. The summed E-state index contributed by atoms with van der Waals surface area (Å²) in [6, 6.07) is 4.39. The molecule has 3 heteroatoms. The molecule has 1 aromatic heterocycles. The summed E-state index contributed by atoms with van der Waals surface area (Å²) in [5.74, 6) is 0.920. The van der Waals surface area contributed by atoms with Gasteiger partial charge in [-0.3, -0.25) is 4.98 Å². The van der Waals surface area contributed by atoms with E-state index in [1.165, 1.54) is 0 Å². The highest BCUT2D eigenvalue weighted by Crippen LogP contribution is 2.11. The van der Waals surface area contributed by atoms with Crippen LogP contribution in [0.5, 0.6) is 5.75 Å². The lowest BCUT2D eigenvalue weighted by Gasteiger charge is -2.09. The molecule has 0 saturated heterocycles. The average Bonchev–Trinajstić information content (AvgIpc) is 2.27. The molecular formula is C13H22N2O. The van der Waals surface area contributed by atoms with Crippen molar-refractivity contribution in [3.8, 4) is 5.75 Å². The molecule has 0 bridgehead atoms. The fourth-order valence-corrected chi connectivity index (χ4v) is 1.29. The maximum Gasteiger partial charge on any atom is 0.122 e. The lowest BCUT2D eigenvalue weighted by molar-refractivity contribution is 0.308. The fraction of sp³-hybridized carbons (Fsp3) is 0.615. The van der Waals surface area contributed by atoms with E-state index in [4.69, 9.17) is 4.74 Å². The van der Waals surface area contributed by atoms with Gasteiger partial charge in [-0.05, 0) is 12.5 Å². The lowest BCUT2D eigenvalue weighted by atomic mass is 10.3. The second kappa shape index (κ2) is 7.23. The molecular weight excluding hydrogens is 200 g/mol. The van der Waals surface area contributed by atoms with Crippen molar-refractivity contribution in [2.24, 2.45) is 0 Å². The van der Waals surface area contributed by atoms with Gasteiger partial charge in [0.25, 0.3) is 0 Å². The van der Waals surface area contributed by atoms with Crippen molar-refractivity contribution in [2.75, 3.05) is 6.61 Å². The summed E-state index contributed by atoms with van der Waals surface area (Å²) < 4.78 is 5.63. The molecule has 0 radical (unpaired) electrons. The smallest absolute Gasteiger partial charge is 0.122 e. The van der Waals surface area contributed by atoms with E-state index in [-0.39, 0.29) is 0 Å². The molecule has 0 aliphatic carbocycles. The van der Waals surface area contributed by atoms with E-state index in [0.717, 1.165) is 37.4 Å². The summed E-state index contributed by atoms with van der Waals surface area (Å²) in [4.78, 5) is 4.30. The van der Waals surface area contributed by atoms with E-state index in [9.17, 15) is 0 Å². The number of nitrogens with zero attached hydrogens (tertiary/aromatic N) is 1. The minimum Gasteiger partial charge on any atom is -0.493 e. The second-order valence-electron chi connectivity index (χ2n) is 4.22. The van der Waals surface area contributed by atoms with E-state index in [0.29, 0.717) is 6.04 Å². The van der Waals surface area contributed by atoms with Gasteiger partial charge in [-0.1, -0.05) is 27.2 Å². The number of hydrogen-bond donors (Lipinski definition) is 1. The van der Waals surface area contributed by atoms with Gasteiger partial charge in [0.15, 0.2) is 0 Å². The largest absolute Gasteiger partial charge is 0.493 e. The number of aromatic nitrogens is 1. The highest BCUT2D eigenvalue weighted by molar-refractivity contribution is 5.22. The van der Waals surface area contributed by atoms with Gasteiger partial charge in [0.2, 0.25) is 0 Å². The zero-order chi connectivity index (χ0) is 11.8. The van der Waals surface area contributed by atoms with Crippen LogP contribution in [-0.4, -0.2) is 17.6 Å². The van der Waals surface area contributed by atoms with Crippen LogP contribution in [0.15, 0.2) is 18.3 Å². The summed E-state index contributed by atoms with van der Waals surface area (Å²) in [6.07, 6.45) is 4.06. The third-order valence-electron chi connectivity index (χ3n) is 2.25. The van der Waals surface area contributed by atoms with Gasteiger partial charge in [-0.25, -0.2) is 0 Å². The van der Waals surface area contributed by atoms with E-state index >= 15 is 0 Å². The standard InChI is InChI=1S/C13H22N2O/c1-4-5-8-16-13-6-7-14-12(9-13)10-15-11(2)3/h6-7,9,11,15H,4-5,8,10H2,1-3H3. The Kier molecular flexibility index (Phi) is 5.86. The second-order valence-corrected chi connectivity index (χ2v) is 4.22. The predicted octanol–water partition coefficient (Wildman–Crippen LogP) is 2.76. The zero-order valence-electron chi connectivity index (χ0n) is 10.5. The minimum atomic E-state index is 0.478. The van der Waals surface area contributed by atoms with Gasteiger partial charge in [-0.15, -0.1) is 0 Å². The number of unbranched alkanes of at least 4 members (excludes halogenated alkanes) is 1. The maximum atomic E-state index is 5.63. The van der Waals surface area contributed by atoms with Gasteiger partial charge in [0, 0.05) is 24.8 Å². The van der Waals surface area contributed by atoms with Crippen molar-refractivity contribution >= 4 is 0 Å². The molecule has 0 aromatic carbocycles. The molecule has 0 fully saturated rings. The molecule has 90 valence electrons. The van der Waals surface area contributed by atoms with Crippen molar-refractivity contribution < 1.29 is 4.74 Å². The highest BCUT2D eigenvalue weighted by atomic mass is 16.5. The number of ether oxygens (including phenoxy) is 1. The first-order chi connectivity index (χ1) is 7.72. The number of hydrogen-bond acceptors (Lipinski definition) is 3. The third kappa shape index (κ3) is 5.12. The van der Waals surface area contributed by atoms with E-state index in [1.54, 1.807) is 6.20 Å². The Morgan fingerprint density at radius 2 is 2.25 bits per heavy atom. The van der Waals surface area contributed by atoms with Gasteiger partial charge >= 0.3 is 0 Å². The molecule has 3 nitrogen and oxygen atoms in total. The van der Waals surface area contributed by atoms with Gasteiger partial charge in [-0.2, -0.15) is 0 Å². The van der Waals surface area contributed by atoms with Crippen LogP contribution in [0.2, 0.25) is 0 Å². The molecule has 1 N–H and O–H groups in total. The zero-order valence-corrected chi connectivity index (χ0v) is 10.5. The van der Waals surface area contributed by atoms with Crippen molar-refractivity contribution in [3.05, 3.63) is 24.0 Å². The van der Waals surface area contributed by atoms with Crippen molar-refractivity contribution in [2.45, 2.75) is 46.2 Å². The number of nitrogens with one attached hydrogen (secondary N) is 1. The van der Waals surface area contributed by atoms with Crippen LogP contribution in [0.3, 0.4) is 0 Å². The number of pyridine rings is 1. The summed E-state index contributed by atoms with van der Waals surface area (Å²) >= 11 is 0. The Morgan fingerprint density at radius 1 is 1.44 bits per heavy atom. The number of rotatable bonds is 7. The molecule has 0 atom stereocenters. The molecule has 0 saturated carbocycles. The van der Waals surface area contributed by atoms with Crippen LogP contribution in [0.1, 0.15) is 39.3 Å². The van der Waals surface area contributed by atoms with Crippen LogP contribution >= 0.6 is 0 Å². The van der Waals surface area contributed by atoms with Gasteiger partial charge in [0.05, 0.1) is 12.3 Å². The monoisotopic (exact) mass is 222 g/mol. The van der Waals surface area contributed by atoms with Crippen molar-refractivity contribution in [3.63, 3.8) is 0 Å². The maximum absolute atomic E-state index is 5.63. The Bertz CT molecular complexity index is 300. The quantitative estimate of drug-likeness (QED) is 0.720. The fourth-order valence-electron chi connectivity index (χ4n) is 1.29. The predicted molar refractivity (Wildman–Crippen MR) is 66.6 cm³/mol. The van der Waals surface area contributed by atoms with Gasteiger partial charge in [0.1, 0.15) is 5.75 Å². The molecule has 0 amide bonds. The molecule has 0 spiro atoms. The summed E-state index contributed by atoms with van der Waals surface area (Å²) in [5.41, 5.74) is 1.03. The normalized spacial score (nSPS) is 10.8. The first-order valence-corrected chi connectivity index (χ1v) is 6.03. The van der Waals surface area contributed by atoms with E-state index < -0.39 is 0 Å². The molecule has 1 rings (SSSR count). The summed E-state index contributed by atoms with van der Waals surface area (Å²) in [7, 11) is 0. The van der Waals surface area contributed by atoms with Gasteiger partial charge < -0.3 is 10.1 Å². The van der Waals surface area contributed by atoms with Crippen LogP contribution in [0.4, 0.5) is 0 Å².